The summed E-state index contributed by atoms with van der Waals surface area (Å²) in [6.07, 6.45) is 0. The summed E-state index contributed by atoms with van der Waals surface area (Å²) in [6.45, 7) is 8.76. The zero-order valence-electron chi connectivity index (χ0n) is 11.4. The van der Waals surface area contributed by atoms with Crippen LogP contribution in [0.15, 0.2) is 24.3 Å². The van der Waals surface area contributed by atoms with E-state index in [9.17, 15) is 4.79 Å². The smallest absolute Gasteiger partial charge is 0.251 e. The van der Waals surface area contributed by atoms with Gasteiger partial charge in [-0.3, -0.25) is 4.79 Å². The number of hydrogen-bond acceptors (Lipinski definition) is 1. The summed E-state index contributed by atoms with van der Waals surface area (Å²) in [5, 5.41) is 3.12. The van der Waals surface area contributed by atoms with Crippen molar-refractivity contribution in [3.05, 3.63) is 35.4 Å². The molecule has 1 aliphatic carbocycles. The summed E-state index contributed by atoms with van der Waals surface area (Å²) in [7, 11) is 0. The van der Waals surface area contributed by atoms with E-state index in [1.54, 1.807) is 0 Å². The summed E-state index contributed by atoms with van der Waals surface area (Å²) >= 11 is 5.73. The van der Waals surface area contributed by atoms with Crippen molar-refractivity contribution in [3.63, 3.8) is 0 Å². The summed E-state index contributed by atoms with van der Waals surface area (Å²) in [5.41, 5.74) is 2.06. The second kappa shape index (κ2) is 4.27. The van der Waals surface area contributed by atoms with Crippen LogP contribution >= 0.6 is 11.6 Å². The fraction of sp³-hybridized carbons (Fsp3) is 0.533. The lowest BCUT2D eigenvalue weighted by atomic mass is 10.0. The number of hydrogen-bond donors (Lipinski definition) is 1. The molecule has 0 bridgehead atoms. The second-order valence-electron chi connectivity index (χ2n) is 6.18. The molecule has 0 saturated heterocycles. The molecule has 1 aromatic rings. The zero-order valence-corrected chi connectivity index (χ0v) is 12.1. The lowest BCUT2D eigenvalue weighted by molar-refractivity contribution is 0.0943. The highest BCUT2D eigenvalue weighted by molar-refractivity contribution is 6.17. The molecule has 18 heavy (non-hydrogen) atoms. The number of halogens is 1. The number of carbonyl (C=O) groups is 1. The average Bonchev–Trinajstić information content (AvgIpc) is 2.72. The minimum atomic E-state index is -0.000211. The largest absolute Gasteiger partial charge is 0.348 e. The first-order valence-electron chi connectivity index (χ1n) is 6.26. The first-order valence-corrected chi connectivity index (χ1v) is 6.80. The number of benzene rings is 1. The Morgan fingerprint density at radius 2 is 1.67 bits per heavy atom. The van der Waals surface area contributed by atoms with Gasteiger partial charge in [0.25, 0.3) is 5.91 Å². The molecular weight excluding hydrogens is 246 g/mol. The van der Waals surface area contributed by atoms with Crippen LogP contribution in [-0.2, 0) is 5.88 Å². The maximum atomic E-state index is 12.1. The maximum absolute atomic E-state index is 12.1. The van der Waals surface area contributed by atoms with Gasteiger partial charge in [0.05, 0.1) is 0 Å². The molecule has 0 atom stereocenters. The third-order valence-electron chi connectivity index (χ3n) is 4.67. The minimum absolute atomic E-state index is 0.000211. The van der Waals surface area contributed by atoms with Crippen LogP contribution in [0.1, 0.15) is 43.6 Å². The third-order valence-corrected chi connectivity index (χ3v) is 4.98. The molecule has 0 radical (unpaired) electrons. The molecule has 0 unspecified atom stereocenters. The van der Waals surface area contributed by atoms with Crippen LogP contribution in [0.2, 0.25) is 0 Å². The Balaban J connectivity index is 2.05. The van der Waals surface area contributed by atoms with Crippen LogP contribution in [0, 0.1) is 10.8 Å². The van der Waals surface area contributed by atoms with E-state index in [4.69, 9.17) is 11.6 Å². The van der Waals surface area contributed by atoms with E-state index in [1.807, 2.05) is 24.3 Å². The normalized spacial score (nSPS) is 20.5. The van der Waals surface area contributed by atoms with Crippen molar-refractivity contribution in [2.45, 2.75) is 39.6 Å². The van der Waals surface area contributed by atoms with E-state index in [0.29, 0.717) is 11.4 Å². The molecule has 1 N–H and O–H groups in total. The Morgan fingerprint density at radius 3 is 2.06 bits per heavy atom. The van der Waals surface area contributed by atoms with Gasteiger partial charge in [0, 0.05) is 17.5 Å². The number of nitrogens with one attached hydrogen (secondary N) is 1. The van der Waals surface area contributed by atoms with Crippen molar-refractivity contribution < 1.29 is 4.79 Å². The topological polar surface area (TPSA) is 29.1 Å². The highest BCUT2D eigenvalue weighted by atomic mass is 35.5. The van der Waals surface area contributed by atoms with Gasteiger partial charge >= 0.3 is 0 Å². The summed E-state index contributed by atoms with van der Waals surface area (Å²) in [5.74, 6) is 0.477. The first-order chi connectivity index (χ1) is 8.30. The number of alkyl halides is 1. The van der Waals surface area contributed by atoms with Crippen LogP contribution in [-0.4, -0.2) is 11.9 Å². The van der Waals surface area contributed by atoms with Crippen molar-refractivity contribution in [1.82, 2.24) is 5.32 Å². The monoisotopic (exact) mass is 265 g/mol. The molecule has 1 amide bonds. The third kappa shape index (κ3) is 2.03. The Labute approximate surface area is 114 Å². The van der Waals surface area contributed by atoms with E-state index < -0.39 is 0 Å². The minimum Gasteiger partial charge on any atom is -0.348 e. The summed E-state index contributed by atoms with van der Waals surface area (Å²) < 4.78 is 0. The van der Waals surface area contributed by atoms with Gasteiger partial charge < -0.3 is 5.32 Å². The highest BCUT2D eigenvalue weighted by Gasteiger charge is 2.65. The second-order valence-corrected chi connectivity index (χ2v) is 6.45. The van der Waals surface area contributed by atoms with Crippen molar-refractivity contribution in [1.29, 1.82) is 0 Å². The van der Waals surface area contributed by atoms with Crippen LogP contribution in [0.25, 0.3) is 0 Å². The van der Waals surface area contributed by atoms with Crippen molar-refractivity contribution in [3.8, 4) is 0 Å². The Bertz CT molecular complexity index is 448. The molecule has 0 aromatic heterocycles. The molecule has 3 heteroatoms. The molecule has 2 rings (SSSR count). The molecule has 1 aromatic carbocycles. The van der Waals surface area contributed by atoms with E-state index in [0.717, 1.165) is 5.56 Å². The Kier molecular flexibility index (Phi) is 3.18. The molecule has 0 heterocycles. The standard InChI is InChI=1S/C15H20ClNO/c1-14(2)13(15(14,3)4)17-12(18)11-7-5-10(9-16)6-8-11/h5-8,13H,9H2,1-4H3,(H,17,18). The lowest BCUT2D eigenvalue weighted by Crippen LogP contribution is -2.29. The number of amides is 1. The van der Waals surface area contributed by atoms with Crippen molar-refractivity contribution in [2.24, 2.45) is 10.8 Å². The van der Waals surface area contributed by atoms with E-state index in [-0.39, 0.29) is 22.8 Å². The van der Waals surface area contributed by atoms with Gasteiger partial charge in [0.2, 0.25) is 0 Å². The molecule has 98 valence electrons. The maximum Gasteiger partial charge on any atom is 0.251 e. The lowest BCUT2D eigenvalue weighted by Gasteiger charge is -2.07. The van der Waals surface area contributed by atoms with E-state index in [2.05, 4.69) is 33.0 Å². The van der Waals surface area contributed by atoms with E-state index in [1.165, 1.54) is 0 Å². The van der Waals surface area contributed by atoms with Crippen LogP contribution in [0.3, 0.4) is 0 Å². The van der Waals surface area contributed by atoms with Gasteiger partial charge in [-0.05, 0) is 28.5 Å². The average molecular weight is 266 g/mol. The zero-order chi connectivity index (χ0) is 13.6. The summed E-state index contributed by atoms with van der Waals surface area (Å²) in [4.78, 5) is 12.1. The van der Waals surface area contributed by atoms with Gasteiger partial charge in [-0.1, -0.05) is 39.8 Å². The van der Waals surface area contributed by atoms with Gasteiger partial charge in [-0.15, -0.1) is 11.6 Å². The molecule has 1 fully saturated rings. The van der Waals surface area contributed by atoms with Gasteiger partial charge in [-0.2, -0.15) is 0 Å². The van der Waals surface area contributed by atoms with Gasteiger partial charge in [0.15, 0.2) is 0 Å². The van der Waals surface area contributed by atoms with E-state index >= 15 is 0 Å². The number of carbonyl (C=O) groups excluding carboxylic acids is 1. The molecule has 1 aliphatic rings. The quantitative estimate of drug-likeness (QED) is 0.832. The van der Waals surface area contributed by atoms with Crippen LogP contribution < -0.4 is 5.32 Å². The van der Waals surface area contributed by atoms with Crippen molar-refractivity contribution in [2.75, 3.05) is 0 Å². The van der Waals surface area contributed by atoms with Gasteiger partial charge in [0.1, 0.15) is 0 Å². The molecule has 2 nitrogen and oxygen atoms in total. The van der Waals surface area contributed by atoms with Gasteiger partial charge in [-0.25, -0.2) is 0 Å². The SMILES string of the molecule is CC1(C)C(NC(=O)c2ccc(CCl)cc2)C1(C)C. The fourth-order valence-corrected chi connectivity index (χ4v) is 2.70. The number of rotatable bonds is 3. The predicted octanol–water partition coefficient (Wildman–Crippen LogP) is 3.59. The summed E-state index contributed by atoms with van der Waals surface area (Å²) in [6, 6.07) is 7.69. The molecule has 0 aliphatic heterocycles. The van der Waals surface area contributed by atoms with Crippen LogP contribution in [0.4, 0.5) is 0 Å². The molecule has 0 spiro atoms. The predicted molar refractivity (Wildman–Crippen MR) is 74.8 cm³/mol. The molecule has 1 saturated carbocycles. The first kappa shape index (κ1) is 13.4. The fourth-order valence-electron chi connectivity index (χ4n) is 2.52. The van der Waals surface area contributed by atoms with Crippen molar-refractivity contribution >= 4 is 17.5 Å². The molecular formula is C15H20ClNO. The Morgan fingerprint density at radius 1 is 1.17 bits per heavy atom. The highest BCUT2D eigenvalue weighted by Crippen LogP contribution is 2.62. The Hall–Kier alpha value is -1.02. The van der Waals surface area contributed by atoms with Crippen LogP contribution in [0.5, 0.6) is 0 Å².